The zero-order valence-electron chi connectivity index (χ0n) is 27.7. The van der Waals surface area contributed by atoms with Crippen molar-refractivity contribution < 1.29 is 9.59 Å². The molecule has 6 aliphatic rings. The molecular weight excluding hydrogens is 564 g/mol. The minimum atomic E-state index is -0.554. The first-order valence-electron chi connectivity index (χ1n) is 17.3. The molecule has 0 saturated heterocycles. The number of rotatable bonds is 3. The second-order valence-corrected chi connectivity index (χ2v) is 15.1. The third-order valence-electron chi connectivity index (χ3n) is 13.2. The highest BCUT2D eigenvalue weighted by Crippen LogP contribution is 2.71. The highest BCUT2D eigenvalue weighted by Gasteiger charge is 2.73. The van der Waals surface area contributed by atoms with E-state index >= 15 is 0 Å². The summed E-state index contributed by atoms with van der Waals surface area (Å²) in [5.41, 5.74) is 4.49. The van der Waals surface area contributed by atoms with Crippen LogP contribution in [0.3, 0.4) is 0 Å². The average Bonchev–Trinajstić information content (AvgIpc) is 3.68. The molecule has 46 heavy (non-hydrogen) atoms. The quantitative estimate of drug-likeness (QED) is 0.363. The van der Waals surface area contributed by atoms with Gasteiger partial charge in [-0.15, -0.1) is 0 Å². The number of nitrogens with zero attached hydrogens (tertiary/aromatic N) is 2. The summed E-state index contributed by atoms with van der Waals surface area (Å²) in [5.74, 6) is 16.0. The molecule has 0 aromatic heterocycles. The SMILES string of the molecule is CN(C)[C@]12CC(=O)[C@@]3(CCCC[C@@H]31)C(C#Cc1ccccc1)=C2C#CC1=C(c2ccccc2)[C@@]23CCCC[C@@H]2[C@]1(N(C)C)CC3=O. The van der Waals surface area contributed by atoms with Gasteiger partial charge in [-0.25, -0.2) is 0 Å². The number of ketones is 2. The van der Waals surface area contributed by atoms with Crippen molar-refractivity contribution in [3.8, 4) is 23.7 Å². The molecule has 0 heterocycles. The van der Waals surface area contributed by atoms with Gasteiger partial charge in [-0.3, -0.25) is 19.4 Å². The Labute approximate surface area is 274 Å². The maximum atomic E-state index is 14.2. The Morgan fingerprint density at radius 1 is 0.587 bits per heavy atom. The molecule has 0 unspecified atom stereocenters. The second-order valence-electron chi connectivity index (χ2n) is 15.1. The molecule has 4 heteroatoms. The van der Waals surface area contributed by atoms with Gasteiger partial charge < -0.3 is 0 Å². The van der Waals surface area contributed by atoms with Crippen LogP contribution in [-0.4, -0.2) is 60.6 Å². The largest absolute Gasteiger partial charge is 0.299 e. The number of Topliss-reactive ketones (excluding diaryl/α,β-unsaturated/α-hetero) is 2. The van der Waals surface area contributed by atoms with Crippen molar-refractivity contribution >= 4 is 17.1 Å². The van der Waals surface area contributed by atoms with Gasteiger partial charge in [-0.1, -0.05) is 97.9 Å². The lowest BCUT2D eigenvalue weighted by atomic mass is 9.64. The fraction of sp³-hybridized carbons (Fsp3) is 0.476. The van der Waals surface area contributed by atoms with Crippen molar-refractivity contribution in [1.82, 2.24) is 9.80 Å². The van der Waals surface area contributed by atoms with Crippen LogP contribution >= 0.6 is 0 Å². The van der Waals surface area contributed by atoms with Gasteiger partial charge in [-0.05, 0) is 89.0 Å². The fourth-order valence-electron chi connectivity index (χ4n) is 11.3. The van der Waals surface area contributed by atoms with Gasteiger partial charge in [0.05, 0.1) is 21.9 Å². The first-order valence-corrected chi connectivity index (χ1v) is 17.3. The monoisotopic (exact) mass is 608 g/mol. The van der Waals surface area contributed by atoms with Crippen molar-refractivity contribution in [2.45, 2.75) is 75.3 Å². The molecule has 2 aromatic rings. The van der Waals surface area contributed by atoms with Crippen LogP contribution in [0.25, 0.3) is 5.57 Å². The Kier molecular flexibility index (Phi) is 6.71. The number of benzene rings is 2. The lowest BCUT2D eigenvalue weighted by Crippen LogP contribution is -2.49. The third kappa shape index (κ3) is 3.56. The van der Waals surface area contributed by atoms with E-state index in [1.807, 2.05) is 30.3 Å². The second kappa shape index (κ2) is 10.4. The molecule has 6 aliphatic carbocycles. The van der Waals surface area contributed by atoms with Gasteiger partial charge >= 0.3 is 0 Å². The normalized spacial score (nSPS) is 35.7. The van der Waals surface area contributed by atoms with Gasteiger partial charge in [-0.2, -0.15) is 0 Å². The zero-order chi connectivity index (χ0) is 31.9. The van der Waals surface area contributed by atoms with E-state index in [0.29, 0.717) is 24.4 Å². The van der Waals surface area contributed by atoms with Crippen molar-refractivity contribution in [3.63, 3.8) is 0 Å². The molecule has 0 spiro atoms. The van der Waals surface area contributed by atoms with Crippen LogP contribution in [0.5, 0.6) is 0 Å². The van der Waals surface area contributed by atoms with E-state index in [9.17, 15) is 9.59 Å². The Morgan fingerprint density at radius 2 is 1.09 bits per heavy atom. The summed E-state index contributed by atoms with van der Waals surface area (Å²) in [4.78, 5) is 33.0. The summed E-state index contributed by atoms with van der Waals surface area (Å²) in [6, 6.07) is 20.7. The molecule has 234 valence electrons. The van der Waals surface area contributed by atoms with Crippen LogP contribution in [0.1, 0.15) is 75.3 Å². The van der Waals surface area contributed by atoms with Crippen LogP contribution in [-0.2, 0) is 9.59 Å². The molecule has 6 atom stereocenters. The summed E-state index contributed by atoms with van der Waals surface area (Å²) in [5, 5.41) is 0. The van der Waals surface area contributed by atoms with Crippen molar-refractivity contribution in [3.05, 3.63) is 88.5 Å². The number of carbonyl (C=O) groups excluding carboxylic acids is 2. The number of hydrogen-bond acceptors (Lipinski definition) is 4. The fourth-order valence-corrected chi connectivity index (χ4v) is 11.3. The van der Waals surface area contributed by atoms with Crippen molar-refractivity contribution in [2.24, 2.45) is 22.7 Å². The molecule has 0 amide bonds. The van der Waals surface area contributed by atoms with Crippen LogP contribution < -0.4 is 0 Å². The van der Waals surface area contributed by atoms with Gasteiger partial charge in [0.2, 0.25) is 0 Å². The highest BCUT2D eigenvalue weighted by atomic mass is 16.1. The zero-order valence-corrected chi connectivity index (χ0v) is 27.7. The van der Waals surface area contributed by atoms with E-state index in [1.165, 1.54) is 5.57 Å². The van der Waals surface area contributed by atoms with E-state index < -0.39 is 21.9 Å². The lowest BCUT2D eigenvalue weighted by molar-refractivity contribution is -0.126. The molecule has 8 rings (SSSR count). The average molecular weight is 609 g/mol. The summed E-state index contributed by atoms with van der Waals surface area (Å²) < 4.78 is 0. The topological polar surface area (TPSA) is 40.6 Å². The Balaban J connectivity index is 1.42. The molecule has 4 bridgehead atoms. The molecule has 2 aromatic carbocycles. The third-order valence-corrected chi connectivity index (χ3v) is 13.2. The van der Waals surface area contributed by atoms with E-state index in [4.69, 9.17) is 0 Å². The summed E-state index contributed by atoms with van der Waals surface area (Å²) in [6.07, 6.45) is 9.25. The van der Waals surface area contributed by atoms with Crippen LogP contribution in [0.15, 0.2) is 77.4 Å². The first-order chi connectivity index (χ1) is 22.2. The smallest absolute Gasteiger partial charge is 0.146 e. The number of likely N-dealkylation sites (N-methyl/N-ethyl adjacent to an activating group) is 2. The Bertz CT molecular complexity index is 1830. The maximum Gasteiger partial charge on any atom is 0.146 e. The van der Waals surface area contributed by atoms with E-state index in [-0.39, 0.29) is 11.8 Å². The number of hydrogen-bond donors (Lipinski definition) is 0. The van der Waals surface area contributed by atoms with E-state index in [0.717, 1.165) is 79.2 Å². The number of allylic oxidation sites excluding steroid dienone is 2. The van der Waals surface area contributed by atoms with E-state index in [2.05, 4.69) is 92.0 Å². The lowest BCUT2D eigenvalue weighted by Gasteiger charge is -2.42. The minimum Gasteiger partial charge on any atom is -0.299 e. The van der Waals surface area contributed by atoms with E-state index in [1.54, 1.807) is 0 Å². The summed E-state index contributed by atoms with van der Waals surface area (Å²) in [7, 11) is 8.56. The van der Waals surface area contributed by atoms with Gasteiger partial charge in [0.25, 0.3) is 0 Å². The molecule has 0 N–H and O–H groups in total. The van der Waals surface area contributed by atoms with Crippen molar-refractivity contribution in [2.75, 3.05) is 28.2 Å². The summed E-state index contributed by atoms with van der Waals surface area (Å²) in [6.45, 7) is 0. The van der Waals surface area contributed by atoms with Crippen LogP contribution in [0, 0.1) is 46.3 Å². The predicted octanol–water partition coefficient (Wildman–Crippen LogP) is 6.72. The Hall–Kier alpha value is -3.70. The molecule has 4 saturated carbocycles. The van der Waals surface area contributed by atoms with Gasteiger partial charge in [0.1, 0.15) is 11.6 Å². The molecule has 4 nitrogen and oxygen atoms in total. The Morgan fingerprint density at radius 3 is 1.72 bits per heavy atom. The van der Waals surface area contributed by atoms with Crippen LogP contribution in [0.4, 0.5) is 0 Å². The van der Waals surface area contributed by atoms with Gasteiger partial charge in [0.15, 0.2) is 0 Å². The highest BCUT2D eigenvalue weighted by molar-refractivity contribution is 6.08. The molecule has 0 radical (unpaired) electrons. The summed E-state index contributed by atoms with van der Waals surface area (Å²) >= 11 is 0. The first kappa shape index (κ1) is 29.7. The molecular formula is C42H44N2O2. The maximum absolute atomic E-state index is 14.2. The van der Waals surface area contributed by atoms with Crippen LogP contribution in [0.2, 0.25) is 0 Å². The molecule has 4 fully saturated rings. The molecule has 0 aliphatic heterocycles. The van der Waals surface area contributed by atoms with Crippen molar-refractivity contribution in [1.29, 1.82) is 0 Å². The number of carbonyl (C=O) groups is 2. The van der Waals surface area contributed by atoms with Gasteiger partial charge in [0, 0.05) is 35.1 Å². The predicted molar refractivity (Wildman–Crippen MR) is 182 cm³/mol. The minimum absolute atomic E-state index is 0.189. The standard InChI is InChI=1S/C42H44N2O2/c1-43(2)41-27-36(45)39(25-13-11-19-34(39)41)31(22-21-29-15-7-5-8-16-29)32(41)23-24-33-38(30-17-9-6-10-18-30)40-26-14-12-20-35(40)42(33,44(3)4)28-37(40)46/h5-10,15-18,34-35H,11-14,19-20,25-28H2,1-4H3/t34-,35-,39-,40-,41-,42-/m0/s1.